The fourth-order valence-electron chi connectivity index (χ4n) is 1.44. The summed E-state index contributed by atoms with van der Waals surface area (Å²) in [5.74, 6) is -0.322. The van der Waals surface area contributed by atoms with Gasteiger partial charge in [0.15, 0.2) is 0 Å². The van der Waals surface area contributed by atoms with Crippen molar-refractivity contribution in [2.45, 2.75) is 19.8 Å². The number of nitrogens with two attached hydrogens (primary N) is 1. The van der Waals surface area contributed by atoms with Crippen LogP contribution in [0.1, 0.15) is 19.8 Å². The molecule has 0 bridgehead atoms. The average Bonchev–Trinajstić information content (AvgIpc) is 2.48. The first-order valence-electron chi connectivity index (χ1n) is 5.29. The molecule has 0 radical (unpaired) electrons. The van der Waals surface area contributed by atoms with E-state index in [2.05, 4.69) is 0 Å². The molecule has 0 aromatic carbocycles. The van der Waals surface area contributed by atoms with E-state index in [1.54, 1.807) is 18.2 Å². The number of rotatable bonds is 3. The van der Waals surface area contributed by atoms with Crippen molar-refractivity contribution in [2.24, 2.45) is 5.73 Å². The summed E-state index contributed by atoms with van der Waals surface area (Å²) in [6.07, 6.45) is 8.18. The van der Waals surface area contributed by atoms with Crippen molar-refractivity contribution in [1.29, 1.82) is 5.26 Å². The zero-order valence-corrected chi connectivity index (χ0v) is 9.33. The van der Waals surface area contributed by atoms with Gasteiger partial charge >= 0.3 is 0 Å². The van der Waals surface area contributed by atoms with Crippen LogP contribution >= 0.6 is 0 Å². The minimum absolute atomic E-state index is 0.179. The molecule has 84 valence electrons. The van der Waals surface area contributed by atoms with Crippen LogP contribution in [-0.4, -0.2) is 6.54 Å². The Kier molecular flexibility index (Phi) is 4.68. The van der Waals surface area contributed by atoms with Crippen LogP contribution in [0.4, 0.5) is 4.39 Å². The molecule has 0 saturated carbocycles. The van der Waals surface area contributed by atoms with Gasteiger partial charge in [-0.05, 0) is 24.5 Å². The van der Waals surface area contributed by atoms with E-state index >= 15 is 0 Å². The largest absolute Gasteiger partial charge is 0.326 e. The number of hydrogen-bond acceptors (Lipinski definition) is 2. The third-order valence-electron chi connectivity index (χ3n) is 2.41. The molecule has 0 atom stereocenters. The van der Waals surface area contributed by atoms with E-state index in [1.807, 2.05) is 19.1 Å². The molecule has 0 saturated heterocycles. The van der Waals surface area contributed by atoms with Crippen molar-refractivity contribution >= 4 is 0 Å². The molecule has 0 unspecified atom stereocenters. The summed E-state index contributed by atoms with van der Waals surface area (Å²) in [6, 6.07) is 2.05. The second kappa shape index (κ2) is 6.04. The van der Waals surface area contributed by atoms with Crippen LogP contribution in [0.2, 0.25) is 0 Å². The summed E-state index contributed by atoms with van der Waals surface area (Å²) >= 11 is 0. The molecule has 0 aliphatic heterocycles. The van der Waals surface area contributed by atoms with Gasteiger partial charge in [0.25, 0.3) is 0 Å². The van der Waals surface area contributed by atoms with E-state index < -0.39 is 0 Å². The molecule has 1 aliphatic carbocycles. The summed E-state index contributed by atoms with van der Waals surface area (Å²) in [5, 5.41) is 8.81. The van der Waals surface area contributed by atoms with E-state index in [9.17, 15) is 4.39 Å². The Bertz CT molecular complexity index is 420. The Labute approximate surface area is 95.3 Å². The molecule has 0 aromatic rings. The predicted octanol–water partition coefficient (Wildman–Crippen LogP) is 2.91. The van der Waals surface area contributed by atoms with Gasteiger partial charge in [-0.15, -0.1) is 0 Å². The van der Waals surface area contributed by atoms with Gasteiger partial charge in [0, 0.05) is 17.7 Å². The molecule has 0 fully saturated rings. The molecule has 0 spiro atoms. The number of allylic oxidation sites excluding steroid dienone is 6. The van der Waals surface area contributed by atoms with Crippen molar-refractivity contribution in [3.63, 3.8) is 0 Å². The predicted molar refractivity (Wildman–Crippen MR) is 63.0 cm³/mol. The molecule has 2 nitrogen and oxygen atoms in total. The van der Waals surface area contributed by atoms with Gasteiger partial charge in [-0.2, -0.15) is 5.26 Å². The maximum absolute atomic E-state index is 13.9. The molecule has 1 aliphatic rings. The lowest BCUT2D eigenvalue weighted by Gasteiger charge is -2.03. The van der Waals surface area contributed by atoms with E-state index in [0.29, 0.717) is 29.6 Å². The lowest BCUT2D eigenvalue weighted by molar-refractivity contribution is 0.641. The molecule has 0 aromatic heterocycles. The maximum Gasteiger partial charge on any atom is 0.134 e. The van der Waals surface area contributed by atoms with Gasteiger partial charge in [0.2, 0.25) is 0 Å². The summed E-state index contributed by atoms with van der Waals surface area (Å²) in [7, 11) is 0. The standard InChI is InChI=1S/C13H15FN2/c1-2-10(8-15)7-11-5-3-4-6-12(9-16)13(11)14/h3,5-7H,2,4,9,16H2,1H3/b10-7-. The third-order valence-corrected chi connectivity index (χ3v) is 2.41. The van der Waals surface area contributed by atoms with Gasteiger partial charge < -0.3 is 5.73 Å². The van der Waals surface area contributed by atoms with Crippen LogP contribution in [-0.2, 0) is 0 Å². The lowest BCUT2D eigenvalue weighted by atomic mass is 10.1. The molecular formula is C13H15FN2. The van der Waals surface area contributed by atoms with Gasteiger partial charge in [-0.25, -0.2) is 4.39 Å². The number of halogens is 1. The van der Waals surface area contributed by atoms with Crippen molar-refractivity contribution in [3.8, 4) is 6.07 Å². The van der Waals surface area contributed by atoms with Crippen LogP contribution in [0, 0.1) is 11.3 Å². The van der Waals surface area contributed by atoms with Crippen molar-refractivity contribution in [1.82, 2.24) is 0 Å². The fraction of sp³-hybridized carbons (Fsp3) is 0.308. The number of hydrogen-bond donors (Lipinski definition) is 1. The first kappa shape index (κ1) is 12.4. The van der Waals surface area contributed by atoms with Crippen LogP contribution < -0.4 is 5.73 Å². The Morgan fingerprint density at radius 2 is 2.44 bits per heavy atom. The number of nitriles is 1. The molecule has 2 N–H and O–H groups in total. The summed E-state index contributed by atoms with van der Waals surface area (Å²) in [6.45, 7) is 2.05. The Morgan fingerprint density at radius 1 is 1.69 bits per heavy atom. The first-order chi connectivity index (χ1) is 7.72. The second-order valence-electron chi connectivity index (χ2n) is 3.48. The first-order valence-corrected chi connectivity index (χ1v) is 5.29. The summed E-state index contributed by atoms with van der Waals surface area (Å²) in [4.78, 5) is 0. The van der Waals surface area contributed by atoms with Crippen molar-refractivity contribution < 1.29 is 4.39 Å². The smallest absolute Gasteiger partial charge is 0.134 e. The van der Waals surface area contributed by atoms with E-state index in [1.165, 1.54) is 0 Å². The van der Waals surface area contributed by atoms with Crippen molar-refractivity contribution in [2.75, 3.05) is 6.54 Å². The average molecular weight is 218 g/mol. The highest BCUT2D eigenvalue weighted by molar-refractivity contribution is 5.47. The zero-order valence-electron chi connectivity index (χ0n) is 9.33. The van der Waals surface area contributed by atoms with Gasteiger partial charge in [-0.1, -0.05) is 25.2 Å². The monoisotopic (exact) mass is 218 g/mol. The van der Waals surface area contributed by atoms with Crippen LogP contribution in [0.5, 0.6) is 0 Å². The van der Waals surface area contributed by atoms with E-state index in [0.717, 1.165) is 0 Å². The second-order valence-corrected chi connectivity index (χ2v) is 3.48. The van der Waals surface area contributed by atoms with Crippen LogP contribution in [0.3, 0.4) is 0 Å². The van der Waals surface area contributed by atoms with Gasteiger partial charge in [-0.3, -0.25) is 0 Å². The van der Waals surface area contributed by atoms with Gasteiger partial charge in [0.05, 0.1) is 6.07 Å². The normalized spacial score (nSPS) is 16.9. The summed E-state index contributed by atoms with van der Waals surface area (Å²) < 4.78 is 13.9. The topological polar surface area (TPSA) is 49.8 Å². The molecule has 0 amide bonds. The molecular weight excluding hydrogens is 203 g/mol. The van der Waals surface area contributed by atoms with Crippen LogP contribution in [0.15, 0.2) is 46.9 Å². The third kappa shape index (κ3) is 2.91. The highest BCUT2D eigenvalue weighted by Crippen LogP contribution is 2.23. The van der Waals surface area contributed by atoms with Gasteiger partial charge in [0.1, 0.15) is 5.83 Å². The number of nitrogens with zero attached hydrogens (tertiary/aromatic N) is 1. The Hall–Kier alpha value is -1.66. The molecule has 3 heteroatoms. The minimum atomic E-state index is -0.322. The van der Waals surface area contributed by atoms with Crippen molar-refractivity contribution in [3.05, 3.63) is 46.9 Å². The SMILES string of the molecule is CC/C(C#N)=C/C1=C(F)C(CN)=CCC=C1. The van der Waals surface area contributed by atoms with Crippen LogP contribution in [0.25, 0.3) is 0 Å². The minimum Gasteiger partial charge on any atom is -0.326 e. The maximum atomic E-state index is 13.9. The highest BCUT2D eigenvalue weighted by atomic mass is 19.1. The summed E-state index contributed by atoms with van der Waals surface area (Å²) in [5.41, 5.74) is 6.97. The highest BCUT2D eigenvalue weighted by Gasteiger charge is 2.09. The molecule has 1 rings (SSSR count). The quantitative estimate of drug-likeness (QED) is 0.740. The Morgan fingerprint density at radius 3 is 3.00 bits per heavy atom. The molecule has 0 heterocycles. The van der Waals surface area contributed by atoms with E-state index in [4.69, 9.17) is 11.0 Å². The Balaban J connectivity index is 3.15. The van der Waals surface area contributed by atoms with E-state index in [-0.39, 0.29) is 12.4 Å². The molecule has 16 heavy (non-hydrogen) atoms. The zero-order chi connectivity index (χ0) is 12.0. The lowest BCUT2D eigenvalue weighted by Crippen LogP contribution is -2.04. The fourth-order valence-corrected chi connectivity index (χ4v) is 1.44.